The van der Waals surface area contributed by atoms with Gasteiger partial charge in [-0.2, -0.15) is 13.2 Å². The maximum absolute atomic E-state index is 12.7. The summed E-state index contributed by atoms with van der Waals surface area (Å²) in [6.45, 7) is 1.13. The highest BCUT2D eigenvalue weighted by Gasteiger charge is 2.62. The SMILES string of the molecule is CCOC(=O)C(O)(c1cccs1)C(F)(F)F. The predicted molar refractivity (Wildman–Crippen MR) is 50.9 cm³/mol. The van der Waals surface area contributed by atoms with E-state index in [1.54, 1.807) is 0 Å². The topological polar surface area (TPSA) is 46.5 Å². The summed E-state index contributed by atoms with van der Waals surface area (Å²) in [6.07, 6.45) is -5.11. The second kappa shape index (κ2) is 4.42. The maximum atomic E-state index is 12.7. The number of halogens is 3. The van der Waals surface area contributed by atoms with Gasteiger partial charge in [-0.25, -0.2) is 4.79 Å². The van der Waals surface area contributed by atoms with Crippen LogP contribution < -0.4 is 0 Å². The molecule has 0 saturated carbocycles. The van der Waals surface area contributed by atoms with Crippen LogP contribution in [0.25, 0.3) is 0 Å². The van der Waals surface area contributed by atoms with E-state index < -0.39 is 22.6 Å². The largest absolute Gasteiger partial charge is 0.463 e. The van der Waals surface area contributed by atoms with Crippen LogP contribution in [0.4, 0.5) is 13.2 Å². The number of aliphatic hydroxyl groups is 1. The van der Waals surface area contributed by atoms with E-state index in [4.69, 9.17) is 0 Å². The quantitative estimate of drug-likeness (QED) is 0.840. The molecule has 1 heterocycles. The van der Waals surface area contributed by atoms with Crippen molar-refractivity contribution in [1.29, 1.82) is 0 Å². The van der Waals surface area contributed by atoms with Crippen molar-refractivity contribution >= 4 is 17.3 Å². The minimum Gasteiger partial charge on any atom is -0.463 e. The van der Waals surface area contributed by atoms with Gasteiger partial charge in [-0.1, -0.05) is 6.07 Å². The van der Waals surface area contributed by atoms with E-state index in [0.717, 1.165) is 6.07 Å². The average Bonchev–Trinajstić information content (AvgIpc) is 2.67. The highest BCUT2D eigenvalue weighted by atomic mass is 32.1. The number of rotatable bonds is 3. The minimum atomic E-state index is -5.11. The molecule has 0 aromatic carbocycles. The molecule has 0 amide bonds. The summed E-state index contributed by atoms with van der Waals surface area (Å²) in [6, 6.07) is 2.35. The van der Waals surface area contributed by atoms with Crippen molar-refractivity contribution in [3.63, 3.8) is 0 Å². The Morgan fingerprint density at radius 2 is 2.19 bits per heavy atom. The van der Waals surface area contributed by atoms with Gasteiger partial charge in [0.05, 0.1) is 11.5 Å². The van der Waals surface area contributed by atoms with Crippen molar-refractivity contribution in [2.24, 2.45) is 0 Å². The van der Waals surface area contributed by atoms with Gasteiger partial charge in [-0.05, 0) is 18.4 Å². The van der Waals surface area contributed by atoms with Gasteiger partial charge in [-0.15, -0.1) is 11.3 Å². The van der Waals surface area contributed by atoms with Gasteiger partial charge < -0.3 is 9.84 Å². The lowest BCUT2D eigenvalue weighted by molar-refractivity contribution is -0.266. The number of alkyl halides is 3. The fourth-order valence-electron chi connectivity index (χ4n) is 1.08. The molecular formula is C9H9F3O3S. The van der Waals surface area contributed by atoms with E-state index >= 15 is 0 Å². The third-order valence-corrected chi connectivity index (χ3v) is 2.84. The molecule has 1 unspecified atom stereocenters. The highest BCUT2D eigenvalue weighted by molar-refractivity contribution is 7.10. The van der Waals surface area contributed by atoms with Gasteiger partial charge in [0, 0.05) is 0 Å². The third-order valence-electron chi connectivity index (χ3n) is 1.86. The summed E-state index contributed by atoms with van der Waals surface area (Å²) in [5, 5.41) is 10.9. The molecule has 1 atom stereocenters. The second-order valence-corrected chi connectivity index (χ2v) is 3.85. The van der Waals surface area contributed by atoms with Crippen molar-refractivity contribution in [3.8, 4) is 0 Å². The fraction of sp³-hybridized carbons (Fsp3) is 0.444. The highest BCUT2D eigenvalue weighted by Crippen LogP contribution is 2.41. The summed E-state index contributed by atoms with van der Waals surface area (Å²) in [4.78, 5) is 10.7. The normalized spacial score (nSPS) is 15.6. The summed E-state index contributed by atoms with van der Waals surface area (Å²) in [5.74, 6) is -1.70. The van der Waals surface area contributed by atoms with Gasteiger partial charge in [0.1, 0.15) is 0 Å². The Kier molecular flexibility index (Phi) is 3.59. The first-order valence-electron chi connectivity index (χ1n) is 4.34. The van der Waals surface area contributed by atoms with Crippen LogP contribution >= 0.6 is 11.3 Å². The van der Waals surface area contributed by atoms with Gasteiger partial charge in [0.2, 0.25) is 0 Å². The van der Waals surface area contributed by atoms with E-state index in [2.05, 4.69) is 4.74 Å². The lowest BCUT2D eigenvalue weighted by Crippen LogP contribution is -2.49. The molecule has 0 radical (unpaired) electrons. The van der Waals surface area contributed by atoms with Crippen LogP contribution in [0, 0.1) is 0 Å². The predicted octanol–water partition coefficient (Wildman–Crippen LogP) is 2.06. The molecule has 0 fully saturated rings. The van der Waals surface area contributed by atoms with Crippen LogP contribution in [-0.2, 0) is 15.1 Å². The molecule has 16 heavy (non-hydrogen) atoms. The lowest BCUT2D eigenvalue weighted by Gasteiger charge is -2.26. The first-order chi connectivity index (χ1) is 7.34. The molecule has 0 aliphatic rings. The van der Waals surface area contributed by atoms with E-state index in [9.17, 15) is 23.1 Å². The van der Waals surface area contributed by atoms with Gasteiger partial charge >= 0.3 is 12.1 Å². The Bertz CT molecular complexity index is 361. The Morgan fingerprint density at radius 3 is 2.56 bits per heavy atom. The molecule has 90 valence electrons. The lowest BCUT2D eigenvalue weighted by atomic mass is 10.0. The van der Waals surface area contributed by atoms with Gasteiger partial charge in [0.15, 0.2) is 0 Å². The zero-order chi connectivity index (χ0) is 12.4. The van der Waals surface area contributed by atoms with Crippen LogP contribution in [-0.4, -0.2) is 23.9 Å². The number of carbonyl (C=O) groups is 1. The number of hydrogen-bond acceptors (Lipinski definition) is 4. The molecule has 0 aliphatic carbocycles. The molecule has 1 N–H and O–H groups in total. The second-order valence-electron chi connectivity index (χ2n) is 2.91. The molecule has 7 heteroatoms. The third kappa shape index (κ3) is 2.05. The van der Waals surface area contributed by atoms with Crippen LogP contribution in [0.1, 0.15) is 11.8 Å². The number of ether oxygens (including phenoxy) is 1. The summed E-state index contributed by atoms with van der Waals surface area (Å²) in [5.41, 5.74) is -3.57. The summed E-state index contributed by atoms with van der Waals surface area (Å²) < 4.78 is 42.3. The van der Waals surface area contributed by atoms with Crippen LogP contribution in [0.3, 0.4) is 0 Å². The molecule has 0 bridgehead atoms. The molecule has 1 aromatic heterocycles. The van der Waals surface area contributed by atoms with Crippen LogP contribution in [0.5, 0.6) is 0 Å². The van der Waals surface area contributed by atoms with E-state index in [-0.39, 0.29) is 6.61 Å². The van der Waals surface area contributed by atoms with E-state index in [0.29, 0.717) is 11.3 Å². The van der Waals surface area contributed by atoms with Gasteiger partial charge in [-0.3, -0.25) is 0 Å². The van der Waals surface area contributed by atoms with E-state index in [1.165, 1.54) is 18.4 Å². The molecular weight excluding hydrogens is 245 g/mol. The molecule has 0 saturated heterocycles. The van der Waals surface area contributed by atoms with Crippen molar-refractivity contribution in [2.45, 2.75) is 18.7 Å². The zero-order valence-corrected chi connectivity index (χ0v) is 9.06. The molecule has 0 aliphatic heterocycles. The Labute approximate surface area is 93.5 Å². The summed E-state index contributed by atoms with van der Waals surface area (Å²) in [7, 11) is 0. The van der Waals surface area contributed by atoms with Crippen molar-refractivity contribution in [2.75, 3.05) is 6.61 Å². The minimum absolute atomic E-state index is 0.234. The molecule has 1 rings (SSSR count). The standard InChI is InChI=1S/C9H9F3O3S/c1-2-15-7(13)8(14,9(10,11)12)6-4-3-5-16-6/h3-5,14H,2H2,1H3. The smallest absolute Gasteiger partial charge is 0.433 e. The Balaban J connectivity index is 3.19. The van der Waals surface area contributed by atoms with Gasteiger partial charge in [0.25, 0.3) is 5.60 Å². The monoisotopic (exact) mass is 254 g/mol. The molecule has 1 aromatic rings. The number of thiophene rings is 1. The molecule has 3 nitrogen and oxygen atoms in total. The van der Waals surface area contributed by atoms with Crippen LogP contribution in [0.15, 0.2) is 17.5 Å². The average molecular weight is 254 g/mol. The zero-order valence-electron chi connectivity index (χ0n) is 8.25. The number of esters is 1. The maximum Gasteiger partial charge on any atom is 0.433 e. The van der Waals surface area contributed by atoms with Crippen LogP contribution in [0.2, 0.25) is 0 Å². The first-order valence-corrected chi connectivity index (χ1v) is 5.22. The van der Waals surface area contributed by atoms with E-state index in [1.807, 2.05) is 0 Å². The first kappa shape index (κ1) is 13.0. The fourth-order valence-corrected chi connectivity index (χ4v) is 1.91. The van der Waals surface area contributed by atoms with Crippen molar-refractivity contribution in [3.05, 3.63) is 22.4 Å². The van der Waals surface area contributed by atoms with Crippen molar-refractivity contribution < 1.29 is 27.8 Å². The number of hydrogen-bond donors (Lipinski definition) is 1. The molecule has 0 spiro atoms. The Hall–Kier alpha value is -1.08. The number of carbonyl (C=O) groups excluding carboxylic acids is 1. The Morgan fingerprint density at radius 1 is 1.56 bits per heavy atom. The summed E-state index contributed by atoms with van der Waals surface area (Å²) >= 11 is 0.640. The van der Waals surface area contributed by atoms with Crippen molar-refractivity contribution in [1.82, 2.24) is 0 Å².